The summed E-state index contributed by atoms with van der Waals surface area (Å²) >= 11 is 0. The summed E-state index contributed by atoms with van der Waals surface area (Å²) in [6, 6.07) is 9.72. The lowest BCUT2D eigenvalue weighted by atomic mass is 9.91. The smallest absolute Gasteiger partial charge is 0.284 e. The van der Waals surface area contributed by atoms with Crippen molar-refractivity contribution < 1.29 is 19.0 Å². The summed E-state index contributed by atoms with van der Waals surface area (Å²) in [5, 5.41) is 17.4. The van der Waals surface area contributed by atoms with Gasteiger partial charge in [0.25, 0.3) is 6.02 Å². The van der Waals surface area contributed by atoms with Crippen molar-refractivity contribution in [3.05, 3.63) is 83.1 Å². The first-order valence-corrected chi connectivity index (χ1v) is 10.7. The van der Waals surface area contributed by atoms with E-state index in [0.29, 0.717) is 28.0 Å². The van der Waals surface area contributed by atoms with Crippen LogP contribution >= 0.6 is 0 Å². The van der Waals surface area contributed by atoms with Crippen molar-refractivity contribution in [1.82, 2.24) is 4.98 Å². The first-order valence-electron chi connectivity index (χ1n) is 10.7. The number of aromatic nitrogens is 1. The number of nitrogens with one attached hydrogen (secondary N) is 1. The molecule has 4 rings (SSSR count). The predicted molar refractivity (Wildman–Crippen MR) is 132 cm³/mol. The largest absolute Gasteiger partial charge is 0.453 e. The van der Waals surface area contributed by atoms with E-state index < -0.39 is 17.4 Å². The molecule has 0 spiro atoms. The number of fused-ring (bicyclic) bond motifs is 2. The Labute approximate surface area is 202 Å². The molecule has 0 radical (unpaired) electrons. The Hall–Kier alpha value is -4.59. The Kier molecular flexibility index (Phi) is 6.29. The number of halogens is 1. The van der Waals surface area contributed by atoms with Crippen molar-refractivity contribution in [3.8, 4) is 46.3 Å². The molecule has 0 fully saturated rings. The lowest BCUT2D eigenvalue weighted by molar-refractivity contribution is 0.143. The third-order valence-corrected chi connectivity index (χ3v) is 4.97. The van der Waals surface area contributed by atoms with Gasteiger partial charge in [-0.15, -0.1) is 5.92 Å². The lowest BCUT2D eigenvalue weighted by Gasteiger charge is -2.24. The number of ether oxygens (including phenoxy) is 2. The Morgan fingerprint density at radius 3 is 2.63 bits per heavy atom. The minimum Gasteiger partial charge on any atom is -0.453 e. The second kappa shape index (κ2) is 9.34. The van der Waals surface area contributed by atoms with Crippen LogP contribution in [0.15, 0.2) is 55.1 Å². The maximum atomic E-state index is 15.1. The molecule has 3 aromatic rings. The number of amidine groups is 1. The van der Waals surface area contributed by atoms with Crippen molar-refractivity contribution in [2.45, 2.75) is 26.4 Å². The molecule has 0 aliphatic carbocycles. The topological polar surface area (TPSA) is 101 Å². The molecule has 4 N–H and O–H groups in total. The molecule has 0 bridgehead atoms. The fourth-order valence-corrected chi connectivity index (χ4v) is 3.52. The third-order valence-electron chi connectivity index (χ3n) is 4.97. The van der Waals surface area contributed by atoms with Crippen molar-refractivity contribution in [1.29, 1.82) is 5.41 Å². The summed E-state index contributed by atoms with van der Waals surface area (Å²) in [5.74, 6) is 11.1. The molecule has 0 unspecified atom stereocenters. The summed E-state index contributed by atoms with van der Waals surface area (Å²) in [7, 11) is 0. The van der Waals surface area contributed by atoms with Crippen LogP contribution in [0.4, 0.5) is 4.39 Å². The van der Waals surface area contributed by atoms with Gasteiger partial charge < -0.3 is 20.3 Å². The number of nitrogens with zero attached hydrogens (tertiary/aromatic N) is 1. The highest BCUT2D eigenvalue weighted by atomic mass is 19.1. The minimum atomic E-state index is -1.24. The van der Waals surface area contributed by atoms with Crippen molar-refractivity contribution in [2.24, 2.45) is 5.73 Å². The fourth-order valence-electron chi connectivity index (χ4n) is 3.52. The van der Waals surface area contributed by atoms with Gasteiger partial charge in [0.05, 0.1) is 0 Å². The van der Waals surface area contributed by atoms with Gasteiger partial charge in [-0.3, -0.25) is 10.4 Å². The van der Waals surface area contributed by atoms with Crippen LogP contribution in [0.2, 0.25) is 0 Å². The van der Waals surface area contributed by atoms with Crippen molar-refractivity contribution in [2.75, 3.05) is 0 Å². The van der Waals surface area contributed by atoms with Crippen LogP contribution in [0.25, 0.3) is 16.7 Å². The van der Waals surface area contributed by atoms with E-state index in [1.807, 2.05) is 18.2 Å². The highest BCUT2D eigenvalue weighted by Crippen LogP contribution is 2.46. The van der Waals surface area contributed by atoms with E-state index in [0.717, 1.165) is 16.7 Å². The highest BCUT2D eigenvalue weighted by Gasteiger charge is 2.27. The first kappa shape index (κ1) is 23.6. The molecule has 0 amide bonds. The average Bonchev–Trinajstić information content (AvgIpc) is 2.80. The number of aliphatic hydroxyl groups is 1. The molecule has 2 aromatic carbocycles. The average molecular weight is 468 g/mol. The van der Waals surface area contributed by atoms with Crippen LogP contribution in [-0.2, 0) is 4.74 Å². The van der Waals surface area contributed by atoms with E-state index in [4.69, 9.17) is 20.6 Å². The zero-order valence-corrected chi connectivity index (χ0v) is 19.4. The number of nitrogens with two attached hydrogens (primary N) is 1. The van der Waals surface area contributed by atoms with Crippen LogP contribution in [0, 0.1) is 34.9 Å². The SMILES string of the molecule is CC#Cc1cncc(-c2ccc3c(c2)/C(=C\OC(=N)N)c2cc(C#CC(C)(C)O)cc(F)c2O3)c1. The molecule has 2 heterocycles. The van der Waals surface area contributed by atoms with Gasteiger partial charge in [0.1, 0.15) is 17.6 Å². The molecule has 35 heavy (non-hydrogen) atoms. The third kappa shape index (κ3) is 5.33. The first-order chi connectivity index (χ1) is 16.6. The number of benzene rings is 2. The second-order valence-corrected chi connectivity index (χ2v) is 8.31. The predicted octanol–water partition coefficient (Wildman–Crippen LogP) is 4.79. The quantitative estimate of drug-likeness (QED) is 0.170. The zero-order chi connectivity index (χ0) is 25.2. The molecule has 174 valence electrons. The van der Waals surface area contributed by atoms with Gasteiger partial charge in [0.15, 0.2) is 11.6 Å². The molecule has 1 aliphatic rings. The summed E-state index contributed by atoms with van der Waals surface area (Å²) in [6.45, 7) is 4.83. The van der Waals surface area contributed by atoms with E-state index >= 15 is 4.39 Å². The van der Waals surface area contributed by atoms with Gasteiger partial charge >= 0.3 is 0 Å². The Balaban J connectivity index is 1.88. The molecule has 0 atom stereocenters. The van der Waals surface area contributed by atoms with Gasteiger partial charge in [0.2, 0.25) is 0 Å². The maximum Gasteiger partial charge on any atom is 0.284 e. The van der Waals surface area contributed by atoms with Gasteiger partial charge in [-0.1, -0.05) is 23.8 Å². The Bertz CT molecular complexity index is 1500. The summed E-state index contributed by atoms with van der Waals surface area (Å²) in [6.07, 6.45) is 4.69. The van der Waals surface area contributed by atoms with Gasteiger partial charge in [-0.2, -0.15) is 0 Å². The zero-order valence-electron chi connectivity index (χ0n) is 19.4. The van der Waals surface area contributed by atoms with E-state index in [1.54, 1.807) is 31.5 Å². The van der Waals surface area contributed by atoms with Crippen LogP contribution in [0.1, 0.15) is 43.0 Å². The number of hydrogen-bond acceptors (Lipinski definition) is 5. The lowest BCUT2D eigenvalue weighted by Crippen LogP contribution is -2.14. The second-order valence-electron chi connectivity index (χ2n) is 8.31. The molecule has 7 heteroatoms. The van der Waals surface area contributed by atoms with E-state index in [9.17, 15) is 5.11 Å². The summed E-state index contributed by atoms with van der Waals surface area (Å²) in [5.41, 5.74) is 8.39. The molecule has 0 saturated carbocycles. The molecule has 6 nitrogen and oxygen atoms in total. The van der Waals surface area contributed by atoms with E-state index in [2.05, 4.69) is 28.7 Å². The van der Waals surface area contributed by atoms with Gasteiger partial charge in [0, 0.05) is 45.8 Å². The number of hydrogen-bond donors (Lipinski definition) is 3. The number of pyridine rings is 1. The molecule has 0 saturated heterocycles. The molecular formula is C28H22FN3O3. The maximum absolute atomic E-state index is 15.1. The standard InChI is InChI=1S/C28H22FN3O3/c1-4-5-18-10-20(15-32-14-18)19-6-7-25-21(13-19)23(16-34-27(30)31)22-11-17(8-9-28(2,3)33)12-24(29)26(22)35-25/h6-7,10-16,33H,1-3H3,(H3,30,31)/b23-16+. The van der Waals surface area contributed by atoms with Crippen LogP contribution in [0.3, 0.4) is 0 Å². The van der Waals surface area contributed by atoms with Crippen molar-refractivity contribution in [3.63, 3.8) is 0 Å². The normalized spacial score (nSPS) is 12.8. The fraction of sp³-hybridized carbons (Fsp3) is 0.143. The Morgan fingerprint density at radius 1 is 1.11 bits per heavy atom. The minimum absolute atomic E-state index is 0.000607. The monoisotopic (exact) mass is 467 g/mol. The van der Waals surface area contributed by atoms with Gasteiger partial charge in [-0.05, 0) is 56.7 Å². The number of rotatable bonds is 2. The summed E-state index contributed by atoms with van der Waals surface area (Å²) < 4.78 is 26.2. The molecule has 1 aromatic heterocycles. The van der Waals surface area contributed by atoms with E-state index in [1.165, 1.54) is 26.2 Å². The van der Waals surface area contributed by atoms with E-state index in [-0.39, 0.29) is 5.75 Å². The van der Waals surface area contributed by atoms with Crippen LogP contribution < -0.4 is 10.5 Å². The summed E-state index contributed by atoms with van der Waals surface area (Å²) in [4.78, 5) is 4.27. The van der Waals surface area contributed by atoms with Crippen molar-refractivity contribution >= 4 is 11.6 Å². The molecular weight excluding hydrogens is 445 g/mol. The Morgan fingerprint density at radius 2 is 1.91 bits per heavy atom. The van der Waals surface area contributed by atoms with Crippen LogP contribution in [-0.4, -0.2) is 21.7 Å². The van der Waals surface area contributed by atoms with Gasteiger partial charge in [-0.25, -0.2) is 4.39 Å². The highest BCUT2D eigenvalue weighted by molar-refractivity contribution is 5.90. The molecule has 1 aliphatic heterocycles. The van der Waals surface area contributed by atoms with Crippen LogP contribution in [0.5, 0.6) is 11.5 Å².